The molecule has 3 heterocycles. The zero-order valence-corrected chi connectivity index (χ0v) is 29.4. The van der Waals surface area contributed by atoms with Gasteiger partial charge in [0.25, 0.3) is 0 Å². The fourth-order valence-electron chi connectivity index (χ4n) is 9.23. The van der Waals surface area contributed by atoms with Crippen LogP contribution in [0.25, 0.3) is 54.5 Å². The lowest BCUT2D eigenvalue weighted by atomic mass is 9.90. The number of hydrogen-bond donors (Lipinski definition) is 0. The second-order valence-electron chi connectivity index (χ2n) is 14.5. The van der Waals surface area contributed by atoms with E-state index in [0.29, 0.717) is 0 Å². The third-order valence-corrected chi connectivity index (χ3v) is 11.5. The highest BCUT2D eigenvalue weighted by Gasteiger charge is 2.33. The van der Waals surface area contributed by atoms with Gasteiger partial charge in [-0.25, -0.2) is 0 Å². The molecule has 0 radical (unpaired) electrons. The number of aromatic nitrogens is 1. The van der Waals surface area contributed by atoms with Crippen LogP contribution in [0.4, 0.5) is 34.1 Å². The zero-order valence-electron chi connectivity index (χ0n) is 29.4. The molecule has 3 aliphatic rings. The van der Waals surface area contributed by atoms with Crippen LogP contribution in [0, 0.1) is 0 Å². The summed E-state index contributed by atoms with van der Waals surface area (Å²) < 4.78 is 9.32. The van der Waals surface area contributed by atoms with Crippen LogP contribution in [0.5, 0.6) is 11.5 Å². The molecule has 0 fully saturated rings. The summed E-state index contributed by atoms with van der Waals surface area (Å²) in [6.45, 7) is 0. The van der Waals surface area contributed by atoms with Gasteiger partial charge in [-0.2, -0.15) is 0 Å². The molecular weight excluding hydrogens is 659 g/mol. The number of rotatable bonds is 3. The van der Waals surface area contributed by atoms with Crippen LogP contribution < -0.4 is 14.5 Å². The molecule has 0 spiro atoms. The highest BCUT2D eigenvalue weighted by molar-refractivity contribution is 6.20. The number of fused-ring (bicyclic) bond motifs is 9. The van der Waals surface area contributed by atoms with Crippen LogP contribution in [0.15, 0.2) is 182 Å². The van der Waals surface area contributed by atoms with Crippen molar-refractivity contribution < 1.29 is 4.74 Å². The normalized spacial score (nSPS) is 15.4. The molecular formula is C50H33N3O. The fourth-order valence-corrected chi connectivity index (χ4v) is 9.23. The third kappa shape index (κ3) is 4.13. The Morgan fingerprint density at radius 3 is 2.19 bits per heavy atom. The number of allylic oxidation sites excluding steroid dienone is 4. The number of benzene rings is 8. The molecule has 1 unspecified atom stereocenters. The Morgan fingerprint density at radius 2 is 1.28 bits per heavy atom. The zero-order chi connectivity index (χ0) is 35.3. The van der Waals surface area contributed by atoms with Gasteiger partial charge in [0.05, 0.1) is 34.3 Å². The van der Waals surface area contributed by atoms with Crippen molar-refractivity contribution in [2.24, 2.45) is 0 Å². The Bertz CT molecular complexity index is 3080. The summed E-state index contributed by atoms with van der Waals surface area (Å²) in [7, 11) is 0. The fraction of sp³-hybridized carbons (Fsp3) is 0.0400. The lowest BCUT2D eigenvalue weighted by Gasteiger charge is -2.38. The molecule has 9 aromatic rings. The molecule has 4 nitrogen and oxygen atoms in total. The van der Waals surface area contributed by atoms with Crippen molar-refractivity contribution in [1.82, 2.24) is 4.57 Å². The van der Waals surface area contributed by atoms with Crippen molar-refractivity contribution in [2.75, 3.05) is 9.80 Å². The molecule has 0 saturated heterocycles. The van der Waals surface area contributed by atoms with Crippen LogP contribution >= 0.6 is 0 Å². The summed E-state index contributed by atoms with van der Waals surface area (Å²) in [5.74, 6) is 1.69. The number of ether oxygens (including phenoxy) is 1. The van der Waals surface area contributed by atoms with Crippen molar-refractivity contribution in [1.29, 1.82) is 0 Å². The summed E-state index contributed by atoms with van der Waals surface area (Å²) in [5, 5.41) is 7.54. The molecule has 8 aromatic carbocycles. The van der Waals surface area contributed by atoms with Crippen LogP contribution in [-0.2, 0) is 0 Å². The average Bonchev–Trinajstić information content (AvgIpc) is 3.57. The Kier molecular flexibility index (Phi) is 6.14. The quantitative estimate of drug-likeness (QED) is 0.184. The molecule has 4 heteroatoms. The lowest BCUT2D eigenvalue weighted by Crippen LogP contribution is -2.19. The Balaban J connectivity index is 1.14. The van der Waals surface area contributed by atoms with Crippen molar-refractivity contribution in [3.8, 4) is 22.6 Å². The van der Waals surface area contributed by atoms with Crippen LogP contribution in [-0.4, -0.2) is 4.57 Å². The maximum absolute atomic E-state index is 6.75. The predicted octanol–water partition coefficient (Wildman–Crippen LogP) is 14.2. The van der Waals surface area contributed by atoms with E-state index >= 15 is 0 Å². The van der Waals surface area contributed by atoms with Gasteiger partial charge in [0.2, 0.25) is 0 Å². The van der Waals surface area contributed by atoms with Crippen molar-refractivity contribution in [2.45, 2.75) is 12.5 Å². The minimum Gasteiger partial charge on any atom is -0.453 e. The Morgan fingerprint density at radius 1 is 0.481 bits per heavy atom. The van der Waals surface area contributed by atoms with Gasteiger partial charge in [0.15, 0.2) is 11.5 Å². The number of anilines is 6. The molecule has 0 N–H and O–H groups in total. The minimum absolute atomic E-state index is 0.237. The molecule has 1 aromatic heterocycles. The van der Waals surface area contributed by atoms with Gasteiger partial charge in [-0.05, 0) is 83.4 Å². The largest absolute Gasteiger partial charge is 0.453 e. The van der Waals surface area contributed by atoms with E-state index in [4.69, 9.17) is 4.74 Å². The van der Waals surface area contributed by atoms with Crippen molar-refractivity contribution in [3.05, 3.63) is 182 Å². The van der Waals surface area contributed by atoms with Gasteiger partial charge in [0.1, 0.15) is 0 Å². The Labute approximate surface area is 312 Å². The van der Waals surface area contributed by atoms with E-state index in [0.717, 1.165) is 51.9 Å². The SMILES string of the molecule is C1=CCC(n2c3ccc(N4c5cc6c(cc5-c5cccc7cccc4c57)Oc4ccccc4N6c4ccccc4)cc3c3ccc4ccccc4c32)C=C1. The molecule has 54 heavy (non-hydrogen) atoms. The van der Waals surface area contributed by atoms with Crippen LogP contribution in [0.1, 0.15) is 12.5 Å². The van der Waals surface area contributed by atoms with E-state index in [1.807, 2.05) is 6.07 Å². The smallest absolute Gasteiger partial charge is 0.152 e. The summed E-state index contributed by atoms with van der Waals surface area (Å²) >= 11 is 0. The second kappa shape index (κ2) is 11.2. The maximum atomic E-state index is 6.75. The van der Waals surface area contributed by atoms with Gasteiger partial charge in [-0.1, -0.05) is 121 Å². The summed E-state index contributed by atoms with van der Waals surface area (Å²) in [6, 6.07) is 57.6. The summed E-state index contributed by atoms with van der Waals surface area (Å²) in [5.41, 5.74) is 11.4. The molecule has 254 valence electrons. The highest BCUT2D eigenvalue weighted by atomic mass is 16.5. The average molecular weight is 692 g/mol. The van der Waals surface area contributed by atoms with Crippen LogP contribution in [0.3, 0.4) is 0 Å². The Hall–Kier alpha value is -7.04. The number of nitrogens with zero attached hydrogens (tertiary/aromatic N) is 3. The highest BCUT2D eigenvalue weighted by Crippen LogP contribution is 2.58. The first-order valence-corrected chi connectivity index (χ1v) is 18.7. The van der Waals surface area contributed by atoms with Gasteiger partial charge in [-0.3, -0.25) is 0 Å². The lowest BCUT2D eigenvalue weighted by molar-refractivity contribution is 0.477. The van der Waals surface area contributed by atoms with E-state index < -0.39 is 0 Å². The monoisotopic (exact) mass is 691 g/mol. The molecule has 0 amide bonds. The maximum Gasteiger partial charge on any atom is 0.152 e. The van der Waals surface area contributed by atoms with Crippen molar-refractivity contribution in [3.63, 3.8) is 0 Å². The summed E-state index contributed by atoms with van der Waals surface area (Å²) in [4.78, 5) is 4.81. The van der Waals surface area contributed by atoms with Crippen LogP contribution in [0.2, 0.25) is 0 Å². The summed E-state index contributed by atoms with van der Waals surface area (Å²) in [6.07, 6.45) is 9.94. The second-order valence-corrected chi connectivity index (χ2v) is 14.5. The topological polar surface area (TPSA) is 20.6 Å². The third-order valence-electron chi connectivity index (χ3n) is 11.5. The molecule has 1 aliphatic carbocycles. The van der Waals surface area contributed by atoms with E-state index in [9.17, 15) is 0 Å². The van der Waals surface area contributed by atoms with E-state index in [1.165, 1.54) is 54.6 Å². The molecule has 12 rings (SSSR count). The van der Waals surface area contributed by atoms with E-state index in [-0.39, 0.29) is 6.04 Å². The van der Waals surface area contributed by atoms with Crippen molar-refractivity contribution >= 4 is 77.5 Å². The number of para-hydroxylation sites is 3. The minimum atomic E-state index is 0.237. The van der Waals surface area contributed by atoms with Gasteiger partial charge in [-0.15, -0.1) is 0 Å². The van der Waals surface area contributed by atoms with E-state index in [1.54, 1.807) is 0 Å². The standard InChI is InChI=1S/C50H33N3O/c1-3-16-34(17-4-1)51-43-22-9-10-24-47(43)54-48-30-41-38-21-11-14-33-15-12-23-44(49(33)38)52(45(41)31-46(48)51)36-26-28-42-40(29-36)39-27-25-32-13-7-8-20-37(32)50(39)53(42)35-18-5-2-6-19-35/h1-18,20-31,35H,19H2. The van der Waals surface area contributed by atoms with Gasteiger partial charge in [0, 0.05) is 44.0 Å². The van der Waals surface area contributed by atoms with E-state index in [2.05, 4.69) is 190 Å². The number of hydrogen-bond acceptors (Lipinski definition) is 3. The first-order chi connectivity index (χ1) is 26.8. The molecule has 1 atom stereocenters. The molecule has 0 saturated carbocycles. The van der Waals surface area contributed by atoms with Gasteiger partial charge >= 0.3 is 0 Å². The predicted molar refractivity (Wildman–Crippen MR) is 225 cm³/mol. The molecule has 2 aliphatic heterocycles. The van der Waals surface area contributed by atoms with Gasteiger partial charge < -0.3 is 19.1 Å². The first kappa shape index (κ1) is 29.5. The first-order valence-electron chi connectivity index (χ1n) is 18.7. The molecule has 0 bridgehead atoms.